The Balaban J connectivity index is 1.66. The van der Waals surface area contributed by atoms with Gasteiger partial charge in [-0.05, 0) is 18.1 Å². The highest BCUT2D eigenvalue weighted by atomic mass is 19.1. The van der Waals surface area contributed by atoms with Crippen molar-refractivity contribution < 1.29 is 4.39 Å². The van der Waals surface area contributed by atoms with E-state index in [2.05, 4.69) is 29.2 Å². The van der Waals surface area contributed by atoms with Crippen LogP contribution in [0.4, 0.5) is 4.39 Å². The van der Waals surface area contributed by atoms with E-state index < -0.39 is 0 Å². The SMILES string of the molecule is Fc1ccccc1/C=C1/CCN(Cc2ccccc2)C1. The average molecular weight is 267 g/mol. The molecule has 0 atom stereocenters. The minimum absolute atomic E-state index is 0.137. The number of nitrogens with zero attached hydrogens (tertiary/aromatic N) is 1. The zero-order valence-corrected chi connectivity index (χ0v) is 11.4. The van der Waals surface area contributed by atoms with E-state index >= 15 is 0 Å². The van der Waals surface area contributed by atoms with Gasteiger partial charge in [0.1, 0.15) is 5.82 Å². The summed E-state index contributed by atoms with van der Waals surface area (Å²) in [5.74, 6) is -0.137. The molecule has 2 aromatic carbocycles. The Morgan fingerprint density at radius 2 is 1.75 bits per heavy atom. The van der Waals surface area contributed by atoms with Crippen molar-refractivity contribution in [1.82, 2.24) is 4.90 Å². The smallest absolute Gasteiger partial charge is 0.130 e. The molecule has 2 heteroatoms. The second-order valence-corrected chi connectivity index (χ2v) is 5.27. The maximum Gasteiger partial charge on any atom is 0.130 e. The number of hydrogen-bond acceptors (Lipinski definition) is 1. The average Bonchev–Trinajstić information content (AvgIpc) is 2.90. The molecule has 2 aromatic rings. The van der Waals surface area contributed by atoms with Crippen LogP contribution in [0.1, 0.15) is 17.5 Å². The fourth-order valence-electron chi connectivity index (χ4n) is 2.65. The molecular formula is C18H18FN. The fraction of sp³-hybridized carbons (Fsp3) is 0.222. The molecule has 3 rings (SSSR count). The molecule has 0 bridgehead atoms. The zero-order valence-electron chi connectivity index (χ0n) is 11.4. The van der Waals surface area contributed by atoms with Crippen LogP contribution >= 0.6 is 0 Å². The fourth-order valence-corrected chi connectivity index (χ4v) is 2.65. The summed E-state index contributed by atoms with van der Waals surface area (Å²) >= 11 is 0. The minimum atomic E-state index is -0.137. The van der Waals surface area contributed by atoms with Crippen molar-refractivity contribution in [2.45, 2.75) is 13.0 Å². The molecule has 1 saturated heterocycles. The van der Waals surface area contributed by atoms with Crippen LogP contribution in [-0.4, -0.2) is 18.0 Å². The molecule has 20 heavy (non-hydrogen) atoms. The summed E-state index contributed by atoms with van der Waals surface area (Å²) in [5, 5.41) is 0. The molecule has 1 nitrogen and oxygen atoms in total. The van der Waals surface area contributed by atoms with Gasteiger partial charge in [-0.15, -0.1) is 0 Å². The van der Waals surface area contributed by atoms with Gasteiger partial charge in [0.15, 0.2) is 0 Å². The van der Waals surface area contributed by atoms with Gasteiger partial charge in [-0.2, -0.15) is 0 Å². The molecule has 0 amide bonds. The molecule has 0 aromatic heterocycles. The first kappa shape index (κ1) is 13.1. The molecule has 1 fully saturated rings. The summed E-state index contributed by atoms with van der Waals surface area (Å²) in [4.78, 5) is 2.40. The quantitative estimate of drug-likeness (QED) is 0.808. The normalized spacial score (nSPS) is 17.8. The van der Waals surface area contributed by atoms with Gasteiger partial charge in [-0.3, -0.25) is 4.90 Å². The van der Waals surface area contributed by atoms with Crippen molar-refractivity contribution in [2.75, 3.05) is 13.1 Å². The van der Waals surface area contributed by atoms with Crippen LogP contribution < -0.4 is 0 Å². The molecule has 1 aliphatic heterocycles. The summed E-state index contributed by atoms with van der Waals surface area (Å²) in [5.41, 5.74) is 3.34. The maximum atomic E-state index is 13.6. The first-order chi connectivity index (χ1) is 9.81. The predicted molar refractivity (Wildman–Crippen MR) is 80.7 cm³/mol. The van der Waals surface area contributed by atoms with Gasteiger partial charge in [0.2, 0.25) is 0 Å². The highest BCUT2D eigenvalue weighted by Crippen LogP contribution is 2.21. The highest BCUT2D eigenvalue weighted by Gasteiger charge is 2.16. The van der Waals surface area contributed by atoms with Gasteiger partial charge in [-0.25, -0.2) is 4.39 Å². The van der Waals surface area contributed by atoms with E-state index in [-0.39, 0.29) is 5.82 Å². The lowest BCUT2D eigenvalue weighted by Gasteiger charge is -2.14. The second-order valence-electron chi connectivity index (χ2n) is 5.27. The topological polar surface area (TPSA) is 3.24 Å². The van der Waals surface area contributed by atoms with E-state index in [1.807, 2.05) is 24.3 Å². The van der Waals surface area contributed by atoms with Crippen LogP contribution in [0.5, 0.6) is 0 Å². The van der Waals surface area contributed by atoms with Gasteiger partial charge in [-0.1, -0.05) is 60.2 Å². The predicted octanol–water partition coefficient (Wildman–Crippen LogP) is 4.12. The van der Waals surface area contributed by atoms with Crippen LogP contribution in [0, 0.1) is 5.82 Å². The molecule has 0 spiro atoms. The molecule has 0 N–H and O–H groups in total. The second kappa shape index (κ2) is 6.02. The Hall–Kier alpha value is -1.93. The number of halogens is 1. The van der Waals surface area contributed by atoms with Gasteiger partial charge in [0.05, 0.1) is 0 Å². The monoisotopic (exact) mass is 267 g/mol. The van der Waals surface area contributed by atoms with Crippen LogP contribution in [0.3, 0.4) is 0 Å². The van der Waals surface area contributed by atoms with Gasteiger partial charge >= 0.3 is 0 Å². The van der Waals surface area contributed by atoms with Crippen molar-refractivity contribution in [1.29, 1.82) is 0 Å². The molecule has 0 saturated carbocycles. The summed E-state index contributed by atoms with van der Waals surface area (Å²) in [7, 11) is 0. The van der Waals surface area contributed by atoms with Gasteiger partial charge in [0.25, 0.3) is 0 Å². The van der Waals surface area contributed by atoms with Gasteiger partial charge in [0, 0.05) is 25.2 Å². The third-order valence-electron chi connectivity index (χ3n) is 3.69. The van der Waals surface area contributed by atoms with E-state index in [1.165, 1.54) is 17.2 Å². The van der Waals surface area contributed by atoms with Crippen molar-refractivity contribution >= 4 is 6.08 Å². The van der Waals surface area contributed by atoms with E-state index in [1.54, 1.807) is 6.07 Å². The maximum absolute atomic E-state index is 13.6. The van der Waals surface area contributed by atoms with Crippen LogP contribution in [0.25, 0.3) is 6.08 Å². The number of hydrogen-bond donors (Lipinski definition) is 0. The van der Waals surface area contributed by atoms with Crippen molar-refractivity contribution in [3.05, 3.63) is 77.1 Å². The molecule has 102 valence electrons. The Kier molecular flexibility index (Phi) is 3.93. The first-order valence-corrected chi connectivity index (χ1v) is 7.01. The van der Waals surface area contributed by atoms with Crippen LogP contribution in [-0.2, 0) is 6.54 Å². The molecule has 0 aliphatic carbocycles. The standard InChI is InChI=1S/C18H18FN/c19-18-9-5-4-8-17(18)12-16-10-11-20(14-16)13-15-6-2-1-3-7-15/h1-9,12H,10-11,13-14H2/b16-12-. The molecule has 1 aliphatic rings. The molecule has 0 unspecified atom stereocenters. The summed E-state index contributed by atoms with van der Waals surface area (Å²) in [6, 6.07) is 17.4. The van der Waals surface area contributed by atoms with E-state index in [0.717, 1.165) is 26.1 Å². The lowest BCUT2D eigenvalue weighted by Crippen LogP contribution is -2.18. The van der Waals surface area contributed by atoms with E-state index in [0.29, 0.717) is 5.56 Å². The third-order valence-corrected chi connectivity index (χ3v) is 3.69. The van der Waals surface area contributed by atoms with Crippen molar-refractivity contribution in [3.63, 3.8) is 0 Å². The van der Waals surface area contributed by atoms with E-state index in [9.17, 15) is 4.39 Å². The highest BCUT2D eigenvalue weighted by molar-refractivity contribution is 5.54. The van der Waals surface area contributed by atoms with Gasteiger partial charge < -0.3 is 0 Å². The number of rotatable bonds is 3. The van der Waals surface area contributed by atoms with Crippen LogP contribution in [0.2, 0.25) is 0 Å². The summed E-state index contributed by atoms with van der Waals surface area (Å²) < 4.78 is 13.6. The summed E-state index contributed by atoms with van der Waals surface area (Å²) in [6.07, 6.45) is 3.03. The number of likely N-dealkylation sites (tertiary alicyclic amines) is 1. The first-order valence-electron chi connectivity index (χ1n) is 7.01. The Labute approximate surface area is 119 Å². The summed E-state index contributed by atoms with van der Waals surface area (Å²) in [6.45, 7) is 2.95. The lowest BCUT2D eigenvalue weighted by atomic mass is 10.1. The Morgan fingerprint density at radius 1 is 1.00 bits per heavy atom. The molecule has 0 radical (unpaired) electrons. The molecule has 1 heterocycles. The van der Waals surface area contributed by atoms with Crippen molar-refractivity contribution in [2.24, 2.45) is 0 Å². The lowest BCUT2D eigenvalue weighted by molar-refractivity contribution is 0.337. The molecular weight excluding hydrogens is 249 g/mol. The minimum Gasteiger partial charge on any atom is -0.295 e. The van der Waals surface area contributed by atoms with Crippen molar-refractivity contribution in [3.8, 4) is 0 Å². The Bertz CT molecular complexity index is 604. The largest absolute Gasteiger partial charge is 0.295 e. The van der Waals surface area contributed by atoms with E-state index in [4.69, 9.17) is 0 Å². The third kappa shape index (κ3) is 3.14. The zero-order chi connectivity index (χ0) is 13.8. The number of benzene rings is 2. The van der Waals surface area contributed by atoms with Crippen LogP contribution in [0.15, 0.2) is 60.2 Å². The Morgan fingerprint density at radius 3 is 2.55 bits per heavy atom.